The summed E-state index contributed by atoms with van der Waals surface area (Å²) < 4.78 is 5.16. The molecular weight excluding hydrogens is 240 g/mol. The van der Waals surface area contributed by atoms with E-state index in [-0.39, 0.29) is 5.41 Å². The highest BCUT2D eigenvalue weighted by molar-refractivity contribution is 5.39. The van der Waals surface area contributed by atoms with Crippen molar-refractivity contribution in [3.63, 3.8) is 0 Å². The smallest absolute Gasteiger partial charge is 0.120 e. The lowest BCUT2D eigenvalue weighted by molar-refractivity contribution is 0.232. The van der Waals surface area contributed by atoms with Crippen molar-refractivity contribution in [3.05, 3.63) is 23.8 Å². The normalized spacial score (nSPS) is 11.9. The number of phenols is 1. The quantitative estimate of drug-likeness (QED) is 0.793. The van der Waals surface area contributed by atoms with E-state index in [2.05, 4.69) is 38.2 Å². The molecule has 0 radical (unpaired) electrons. The number of rotatable bonds is 7. The molecular formula is C15H26N2O2. The Morgan fingerprint density at radius 1 is 1.32 bits per heavy atom. The average Bonchev–Trinajstić information content (AvgIpc) is 2.29. The second-order valence-electron chi connectivity index (χ2n) is 6.00. The second kappa shape index (κ2) is 6.78. The van der Waals surface area contributed by atoms with E-state index in [1.165, 1.54) is 0 Å². The van der Waals surface area contributed by atoms with Gasteiger partial charge in [-0.3, -0.25) is 0 Å². The minimum absolute atomic E-state index is 0.192. The van der Waals surface area contributed by atoms with Gasteiger partial charge in [0.15, 0.2) is 0 Å². The number of hydrogen-bond donors (Lipinski definition) is 2. The number of ether oxygens (including phenoxy) is 1. The fourth-order valence-corrected chi connectivity index (χ4v) is 2.28. The molecule has 1 aromatic rings. The van der Waals surface area contributed by atoms with Gasteiger partial charge in [-0.15, -0.1) is 0 Å². The maximum absolute atomic E-state index is 9.80. The topological polar surface area (TPSA) is 44.7 Å². The number of methoxy groups -OCH3 is 1. The van der Waals surface area contributed by atoms with Crippen LogP contribution < -0.4 is 10.1 Å². The Morgan fingerprint density at radius 3 is 2.58 bits per heavy atom. The van der Waals surface area contributed by atoms with Gasteiger partial charge in [0.05, 0.1) is 7.11 Å². The van der Waals surface area contributed by atoms with Crippen LogP contribution in [0.4, 0.5) is 0 Å². The molecule has 0 spiro atoms. The average molecular weight is 266 g/mol. The molecule has 0 fully saturated rings. The van der Waals surface area contributed by atoms with E-state index in [4.69, 9.17) is 4.74 Å². The van der Waals surface area contributed by atoms with Crippen LogP contribution in [-0.4, -0.2) is 44.3 Å². The summed E-state index contributed by atoms with van der Waals surface area (Å²) in [4.78, 5) is 2.19. The molecule has 0 aliphatic heterocycles. The van der Waals surface area contributed by atoms with Crippen LogP contribution in [-0.2, 0) is 6.54 Å². The highest BCUT2D eigenvalue weighted by Crippen LogP contribution is 2.23. The molecule has 0 aromatic heterocycles. The summed E-state index contributed by atoms with van der Waals surface area (Å²) in [6.07, 6.45) is 0. The van der Waals surface area contributed by atoms with Crippen molar-refractivity contribution in [2.75, 3.05) is 34.3 Å². The third-order valence-corrected chi connectivity index (χ3v) is 2.95. The number of phenolic OH excluding ortho intramolecular Hbond substituents is 1. The zero-order valence-corrected chi connectivity index (χ0v) is 12.7. The summed E-state index contributed by atoms with van der Waals surface area (Å²) in [5, 5.41) is 13.2. The highest BCUT2D eigenvalue weighted by atomic mass is 16.5. The molecule has 0 atom stereocenters. The molecule has 0 aliphatic rings. The third-order valence-electron chi connectivity index (χ3n) is 2.95. The van der Waals surface area contributed by atoms with Crippen LogP contribution in [0.15, 0.2) is 18.2 Å². The SMILES string of the molecule is COc1ccc(O)c(CNCC(C)(C)CN(C)C)c1. The van der Waals surface area contributed by atoms with Gasteiger partial charge < -0.3 is 20.1 Å². The maximum atomic E-state index is 9.80. The lowest BCUT2D eigenvalue weighted by Crippen LogP contribution is -2.37. The van der Waals surface area contributed by atoms with Crippen LogP contribution in [0.1, 0.15) is 19.4 Å². The maximum Gasteiger partial charge on any atom is 0.120 e. The number of nitrogens with one attached hydrogen (secondary N) is 1. The fourth-order valence-electron chi connectivity index (χ4n) is 2.28. The lowest BCUT2D eigenvalue weighted by atomic mass is 9.93. The first-order chi connectivity index (χ1) is 8.84. The van der Waals surface area contributed by atoms with Gasteiger partial charge in [0.1, 0.15) is 11.5 Å². The molecule has 1 rings (SSSR count). The van der Waals surface area contributed by atoms with Crippen molar-refractivity contribution in [2.45, 2.75) is 20.4 Å². The number of nitrogens with zero attached hydrogens (tertiary/aromatic N) is 1. The predicted octanol–water partition coefficient (Wildman–Crippen LogP) is 2.08. The van der Waals surface area contributed by atoms with Gasteiger partial charge in [0, 0.05) is 25.2 Å². The zero-order valence-electron chi connectivity index (χ0n) is 12.7. The van der Waals surface area contributed by atoms with Crippen LogP contribution in [0, 0.1) is 5.41 Å². The van der Waals surface area contributed by atoms with Gasteiger partial charge in [-0.25, -0.2) is 0 Å². The molecule has 0 saturated carbocycles. The number of aromatic hydroxyl groups is 1. The molecule has 0 saturated heterocycles. The highest BCUT2D eigenvalue weighted by Gasteiger charge is 2.18. The van der Waals surface area contributed by atoms with E-state index in [0.717, 1.165) is 24.4 Å². The third kappa shape index (κ3) is 5.49. The van der Waals surface area contributed by atoms with Crippen molar-refractivity contribution < 1.29 is 9.84 Å². The van der Waals surface area contributed by atoms with Gasteiger partial charge in [-0.2, -0.15) is 0 Å². The first-order valence-corrected chi connectivity index (χ1v) is 6.55. The minimum atomic E-state index is 0.192. The van der Waals surface area contributed by atoms with Crippen molar-refractivity contribution >= 4 is 0 Å². The molecule has 0 amide bonds. The van der Waals surface area contributed by atoms with Crippen LogP contribution in [0.2, 0.25) is 0 Å². The molecule has 0 bridgehead atoms. The van der Waals surface area contributed by atoms with Crippen LogP contribution >= 0.6 is 0 Å². The molecule has 108 valence electrons. The summed E-state index contributed by atoms with van der Waals surface area (Å²) >= 11 is 0. The minimum Gasteiger partial charge on any atom is -0.508 e. The molecule has 2 N–H and O–H groups in total. The standard InChI is InChI=1S/C15H26N2O2/c1-15(2,11-17(3)4)10-16-9-12-8-13(19-5)6-7-14(12)18/h6-8,16,18H,9-11H2,1-5H3. The molecule has 4 nitrogen and oxygen atoms in total. The van der Waals surface area contributed by atoms with Crippen molar-refractivity contribution in [3.8, 4) is 11.5 Å². The van der Waals surface area contributed by atoms with E-state index in [1.54, 1.807) is 19.2 Å². The van der Waals surface area contributed by atoms with Crippen molar-refractivity contribution in [1.82, 2.24) is 10.2 Å². The predicted molar refractivity (Wildman–Crippen MR) is 78.7 cm³/mol. The summed E-state index contributed by atoms with van der Waals surface area (Å²) in [6.45, 7) is 7.00. The number of hydrogen-bond acceptors (Lipinski definition) is 4. The Bertz CT molecular complexity index is 403. The number of benzene rings is 1. The van der Waals surface area contributed by atoms with Gasteiger partial charge in [-0.1, -0.05) is 13.8 Å². The summed E-state index contributed by atoms with van der Waals surface area (Å²) in [5.41, 5.74) is 1.05. The van der Waals surface area contributed by atoms with E-state index < -0.39 is 0 Å². The molecule has 0 aliphatic carbocycles. The lowest BCUT2D eigenvalue weighted by Gasteiger charge is -2.28. The Kier molecular flexibility index (Phi) is 5.63. The van der Waals surface area contributed by atoms with Crippen LogP contribution in [0.25, 0.3) is 0 Å². The van der Waals surface area contributed by atoms with E-state index in [9.17, 15) is 5.11 Å². The Labute approximate surface area is 116 Å². The molecule has 0 unspecified atom stereocenters. The zero-order chi connectivity index (χ0) is 14.5. The second-order valence-corrected chi connectivity index (χ2v) is 6.00. The largest absolute Gasteiger partial charge is 0.508 e. The summed E-state index contributed by atoms with van der Waals surface area (Å²) in [5.74, 6) is 1.07. The molecule has 1 aromatic carbocycles. The molecule has 4 heteroatoms. The first kappa shape index (κ1) is 15.8. The van der Waals surface area contributed by atoms with Gasteiger partial charge in [0.25, 0.3) is 0 Å². The van der Waals surface area contributed by atoms with E-state index in [0.29, 0.717) is 12.3 Å². The van der Waals surface area contributed by atoms with Crippen molar-refractivity contribution in [1.29, 1.82) is 0 Å². The molecule has 19 heavy (non-hydrogen) atoms. The Hall–Kier alpha value is -1.26. The van der Waals surface area contributed by atoms with Crippen LogP contribution in [0.3, 0.4) is 0 Å². The fraction of sp³-hybridized carbons (Fsp3) is 0.600. The van der Waals surface area contributed by atoms with Crippen LogP contribution in [0.5, 0.6) is 11.5 Å². The van der Waals surface area contributed by atoms with Gasteiger partial charge in [-0.05, 0) is 37.7 Å². The van der Waals surface area contributed by atoms with E-state index in [1.807, 2.05) is 6.07 Å². The Morgan fingerprint density at radius 2 is 2.00 bits per heavy atom. The van der Waals surface area contributed by atoms with Gasteiger partial charge in [0.2, 0.25) is 0 Å². The molecule has 0 heterocycles. The van der Waals surface area contributed by atoms with E-state index >= 15 is 0 Å². The monoisotopic (exact) mass is 266 g/mol. The summed E-state index contributed by atoms with van der Waals surface area (Å²) in [7, 11) is 5.79. The van der Waals surface area contributed by atoms with Gasteiger partial charge >= 0.3 is 0 Å². The van der Waals surface area contributed by atoms with Crippen molar-refractivity contribution in [2.24, 2.45) is 5.41 Å². The first-order valence-electron chi connectivity index (χ1n) is 6.55. The summed E-state index contributed by atoms with van der Waals surface area (Å²) in [6, 6.07) is 5.29. The Balaban J connectivity index is 2.53.